The molecule has 0 aliphatic heterocycles. The average Bonchev–Trinajstić information content (AvgIpc) is 2.39. The van der Waals surface area contributed by atoms with E-state index >= 15 is 0 Å². The maximum absolute atomic E-state index is 10.8. The molecule has 0 radical (unpaired) electrons. The lowest BCUT2D eigenvalue weighted by Crippen LogP contribution is -2.22. The molecule has 2 aromatic rings. The van der Waals surface area contributed by atoms with E-state index in [4.69, 9.17) is 5.11 Å². The zero-order valence-corrected chi connectivity index (χ0v) is 9.09. The third-order valence-electron chi connectivity index (χ3n) is 2.54. The largest absolute Gasteiger partial charge is 0.545 e. The summed E-state index contributed by atoms with van der Waals surface area (Å²) < 4.78 is 0. The number of carboxylic acids is 1. The fourth-order valence-electron chi connectivity index (χ4n) is 1.67. The summed E-state index contributed by atoms with van der Waals surface area (Å²) in [5.74, 6) is -1.19. The molecule has 0 spiro atoms. The molecule has 86 valence electrons. The zero-order valence-electron chi connectivity index (χ0n) is 9.09. The van der Waals surface area contributed by atoms with Crippen molar-refractivity contribution in [1.29, 1.82) is 0 Å². The van der Waals surface area contributed by atoms with Crippen molar-refractivity contribution in [3.8, 4) is 11.1 Å². The van der Waals surface area contributed by atoms with Crippen LogP contribution in [-0.4, -0.2) is 11.1 Å². The Labute approximate surface area is 99.0 Å². The normalized spacial score (nSPS) is 10.2. The third kappa shape index (κ3) is 2.52. The molecule has 1 N–H and O–H groups in total. The van der Waals surface area contributed by atoms with Crippen LogP contribution in [0.2, 0.25) is 0 Å². The highest BCUT2D eigenvalue weighted by Crippen LogP contribution is 2.21. The van der Waals surface area contributed by atoms with Crippen molar-refractivity contribution in [3.05, 3.63) is 59.7 Å². The zero-order chi connectivity index (χ0) is 12.3. The quantitative estimate of drug-likeness (QED) is 0.857. The summed E-state index contributed by atoms with van der Waals surface area (Å²) in [5, 5.41) is 19.8. The molecule has 0 bridgehead atoms. The Hall–Kier alpha value is -2.13. The van der Waals surface area contributed by atoms with Gasteiger partial charge >= 0.3 is 0 Å². The van der Waals surface area contributed by atoms with Crippen molar-refractivity contribution < 1.29 is 15.0 Å². The summed E-state index contributed by atoms with van der Waals surface area (Å²) >= 11 is 0. The van der Waals surface area contributed by atoms with Crippen molar-refractivity contribution in [3.63, 3.8) is 0 Å². The van der Waals surface area contributed by atoms with Gasteiger partial charge in [0.2, 0.25) is 0 Å². The summed E-state index contributed by atoms with van der Waals surface area (Å²) in [6, 6.07) is 13.9. The summed E-state index contributed by atoms with van der Waals surface area (Å²) in [6.07, 6.45) is 0. The van der Waals surface area contributed by atoms with E-state index in [0.29, 0.717) is 0 Å². The fourth-order valence-corrected chi connectivity index (χ4v) is 1.67. The van der Waals surface area contributed by atoms with Gasteiger partial charge in [0.05, 0.1) is 12.6 Å². The van der Waals surface area contributed by atoms with Gasteiger partial charge in [-0.2, -0.15) is 0 Å². The first-order valence-corrected chi connectivity index (χ1v) is 5.22. The van der Waals surface area contributed by atoms with Crippen LogP contribution in [0.3, 0.4) is 0 Å². The van der Waals surface area contributed by atoms with Crippen LogP contribution in [0.4, 0.5) is 0 Å². The Bertz CT molecular complexity index is 547. The smallest absolute Gasteiger partial charge is 0.0715 e. The van der Waals surface area contributed by atoms with E-state index in [1.165, 1.54) is 6.07 Å². The fraction of sp³-hybridized carbons (Fsp3) is 0.0714. The van der Waals surface area contributed by atoms with Gasteiger partial charge in [0.15, 0.2) is 0 Å². The number of rotatable bonds is 3. The molecule has 17 heavy (non-hydrogen) atoms. The lowest BCUT2D eigenvalue weighted by molar-refractivity contribution is -0.255. The second kappa shape index (κ2) is 4.80. The molecule has 3 heteroatoms. The molecule has 0 saturated carbocycles. The molecule has 2 aromatic carbocycles. The number of hydrogen-bond acceptors (Lipinski definition) is 3. The van der Waals surface area contributed by atoms with Crippen LogP contribution >= 0.6 is 0 Å². The number of carboxylic acid groups (broad SMARTS) is 1. The molecule has 0 heterocycles. The van der Waals surface area contributed by atoms with Gasteiger partial charge < -0.3 is 15.0 Å². The number of aliphatic hydroxyl groups excluding tert-OH is 1. The van der Waals surface area contributed by atoms with E-state index in [9.17, 15) is 9.90 Å². The van der Waals surface area contributed by atoms with Crippen LogP contribution in [0.25, 0.3) is 11.1 Å². The lowest BCUT2D eigenvalue weighted by atomic mass is 10.0. The second-order valence-electron chi connectivity index (χ2n) is 3.73. The number of aliphatic hydroxyl groups is 1. The third-order valence-corrected chi connectivity index (χ3v) is 2.54. The summed E-state index contributed by atoms with van der Waals surface area (Å²) in [5.41, 5.74) is 2.61. The first kappa shape index (κ1) is 11.4. The predicted molar refractivity (Wildman–Crippen MR) is 62.1 cm³/mol. The number of carbonyl (C=O) groups excluding carboxylic acids is 1. The molecule has 0 amide bonds. The Balaban J connectivity index is 2.45. The maximum atomic E-state index is 10.8. The van der Waals surface area contributed by atoms with Gasteiger partial charge in [-0.15, -0.1) is 0 Å². The van der Waals surface area contributed by atoms with Crippen LogP contribution in [0.5, 0.6) is 0 Å². The number of carbonyl (C=O) groups is 1. The van der Waals surface area contributed by atoms with Gasteiger partial charge in [-0.05, 0) is 34.4 Å². The minimum Gasteiger partial charge on any atom is -0.545 e. The SMILES string of the molecule is O=C([O-])c1cccc(-c2cccc(CO)c2)c1. The summed E-state index contributed by atoms with van der Waals surface area (Å²) in [6.45, 7) is -0.0337. The number of benzene rings is 2. The van der Waals surface area contributed by atoms with Gasteiger partial charge in [0, 0.05) is 0 Å². The molecule has 0 aromatic heterocycles. The van der Waals surface area contributed by atoms with E-state index in [1.807, 2.05) is 30.3 Å². The number of aromatic carboxylic acids is 1. The van der Waals surface area contributed by atoms with Crippen LogP contribution in [0.15, 0.2) is 48.5 Å². The molecule has 0 fully saturated rings. The minimum atomic E-state index is -1.19. The average molecular weight is 227 g/mol. The monoisotopic (exact) mass is 227 g/mol. The number of hydrogen-bond donors (Lipinski definition) is 1. The van der Waals surface area contributed by atoms with Gasteiger partial charge in [-0.25, -0.2) is 0 Å². The van der Waals surface area contributed by atoms with Gasteiger partial charge in [-0.1, -0.05) is 36.4 Å². The van der Waals surface area contributed by atoms with Crippen LogP contribution in [0, 0.1) is 0 Å². The Morgan fingerprint density at radius 2 is 1.71 bits per heavy atom. The first-order valence-electron chi connectivity index (χ1n) is 5.22. The molecule has 0 atom stereocenters. The van der Waals surface area contributed by atoms with Gasteiger partial charge in [-0.3, -0.25) is 0 Å². The van der Waals surface area contributed by atoms with E-state index in [0.717, 1.165) is 16.7 Å². The van der Waals surface area contributed by atoms with Crippen LogP contribution in [0.1, 0.15) is 15.9 Å². The molecule has 0 saturated heterocycles. The van der Waals surface area contributed by atoms with Crippen molar-refractivity contribution >= 4 is 5.97 Å². The van der Waals surface area contributed by atoms with Gasteiger partial charge in [0.25, 0.3) is 0 Å². The summed E-state index contributed by atoms with van der Waals surface area (Å²) in [4.78, 5) is 10.8. The predicted octanol–water partition coefficient (Wildman–Crippen LogP) is 1.21. The Morgan fingerprint density at radius 1 is 1.06 bits per heavy atom. The van der Waals surface area contributed by atoms with E-state index < -0.39 is 5.97 Å². The maximum Gasteiger partial charge on any atom is 0.0715 e. The van der Waals surface area contributed by atoms with Crippen LogP contribution in [-0.2, 0) is 6.61 Å². The van der Waals surface area contributed by atoms with E-state index in [2.05, 4.69) is 0 Å². The molecular weight excluding hydrogens is 216 g/mol. The minimum absolute atomic E-state index is 0.0337. The van der Waals surface area contributed by atoms with E-state index in [-0.39, 0.29) is 12.2 Å². The first-order chi connectivity index (χ1) is 8.20. The highest BCUT2D eigenvalue weighted by atomic mass is 16.4. The molecular formula is C14H11O3-. The van der Waals surface area contributed by atoms with Crippen molar-refractivity contribution in [2.24, 2.45) is 0 Å². The summed E-state index contributed by atoms with van der Waals surface area (Å²) in [7, 11) is 0. The van der Waals surface area contributed by atoms with Crippen LogP contribution < -0.4 is 5.11 Å². The molecule has 3 nitrogen and oxygen atoms in total. The lowest BCUT2D eigenvalue weighted by Gasteiger charge is -2.07. The van der Waals surface area contributed by atoms with Gasteiger partial charge in [0.1, 0.15) is 0 Å². The highest BCUT2D eigenvalue weighted by molar-refractivity contribution is 5.87. The van der Waals surface area contributed by atoms with Crippen molar-refractivity contribution in [2.75, 3.05) is 0 Å². The topological polar surface area (TPSA) is 60.4 Å². The standard InChI is InChI=1S/C14H12O3/c15-9-10-3-1-4-11(7-10)12-5-2-6-13(8-12)14(16)17/h1-8,15H,9H2,(H,16,17)/p-1. The second-order valence-corrected chi connectivity index (χ2v) is 3.73. The van der Waals surface area contributed by atoms with Crippen molar-refractivity contribution in [2.45, 2.75) is 6.61 Å². The Morgan fingerprint density at radius 3 is 2.35 bits per heavy atom. The highest BCUT2D eigenvalue weighted by Gasteiger charge is 2.01. The molecule has 0 aliphatic rings. The molecule has 2 rings (SSSR count). The molecule has 0 unspecified atom stereocenters. The van der Waals surface area contributed by atoms with E-state index in [1.54, 1.807) is 12.1 Å². The van der Waals surface area contributed by atoms with Crippen molar-refractivity contribution in [1.82, 2.24) is 0 Å². The Kier molecular flexibility index (Phi) is 3.21. The molecule has 0 aliphatic carbocycles.